The largest absolute Gasteiger partial charge is 0.377 e. The number of aromatic nitrogens is 3. The highest BCUT2D eigenvalue weighted by molar-refractivity contribution is 5.79. The highest BCUT2D eigenvalue weighted by Gasteiger charge is 2.38. The maximum atomic E-state index is 5.14. The van der Waals surface area contributed by atoms with Gasteiger partial charge in [0, 0.05) is 33.2 Å². The van der Waals surface area contributed by atoms with Crippen LogP contribution in [0, 0.1) is 17.8 Å². The highest BCUT2D eigenvalue weighted by atomic mass is 16.5. The Morgan fingerprint density at radius 1 is 1.31 bits per heavy atom. The van der Waals surface area contributed by atoms with E-state index in [9.17, 15) is 0 Å². The van der Waals surface area contributed by atoms with Crippen molar-refractivity contribution in [3.63, 3.8) is 0 Å². The van der Waals surface area contributed by atoms with E-state index in [2.05, 4.69) is 25.7 Å². The fourth-order valence-electron chi connectivity index (χ4n) is 5.16. The van der Waals surface area contributed by atoms with E-state index in [0.29, 0.717) is 12.6 Å². The molecule has 2 aliphatic carbocycles. The fourth-order valence-corrected chi connectivity index (χ4v) is 5.16. The number of fused-ring (bicyclic) bond motifs is 3. The van der Waals surface area contributed by atoms with Crippen LogP contribution in [0.15, 0.2) is 4.99 Å². The third-order valence-electron chi connectivity index (χ3n) is 6.43. The molecule has 1 aliphatic heterocycles. The molecule has 0 spiro atoms. The second-order valence-electron chi connectivity index (χ2n) is 8.16. The molecule has 2 saturated carbocycles. The first-order valence-electron chi connectivity index (χ1n) is 10.1. The molecule has 2 bridgehead atoms. The number of guanidine groups is 1. The molecule has 2 fully saturated rings. The molecule has 4 rings (SSSR count). The topological polar surface area (TPSA) is 76.4 Å². The molecule has 1 aromatic heterocycles. The second kappa shape index (κ2) is 7.94. The average molecular weight is 361 g/mol. The summed E-state index contributed by atoms with van der Waals surface area (Å²) in [6, 6.07) is 0.341. The average Bonchev–Trinajstić information content (AvgIpc) is 3.35. The van der Waals surface area contributed by atoms with Crippen LogP contribution in [0.2, 0.25) is 0 Å². The van der Waals surface area contributed by atoms with Crippen molar-refractivity contribution in [3.8, 4) is 0 Å². The van der Waals surface area contributed by atoms with Gasteiger partial charge < -0.3 is 15.4 Å². The molecule has 0 amide bonds. The maximum absolute atomic E-state index is 5.14. The number of methoxy groups -OCH3 is 1. The van der Waals surface area contributed by atoms with Crippen molar-refractivity contribution in [1.29, 1.82) is 0 Å². The Hall–Kier alpha value is -1.63. The molecule has 3 aliphatic rings. The first-order valence-corrected chi connectivity index (χ1v) is 10.1. The Kier molecular flexibility index (Phi) is 5.43. The number of hydrogen-bond donors (Lipinski definition) is 2. The predicted molar refractivity (Wildman–Crippen MR) is 101 cm³/mol. The van der Waals surface area contributed by atoms with Crippen molar-refractivity contribution in [3.05, 3.63) is 11.6 Å². The minimum atomic E-state index is 0.341. The van der Waals surface area contributed by atoms with Crippen LogP contribution < -0.4 is 10.6 Å². The summed E-state index contributed by atoms with van der Waals surface area (Å²) in [5, 5.41) is 11.6. The molecule has 1 aromatic rings. The summed E-state index contributed by atoms with van der Waals surface area (Å²) >= 11 is 0. The summed E-state index contributed by atoms with van der Waals surface area (Å²) in [5.41, 5.74) is 0. The number of hydrogen-bond acceptors (Lipinski definition) is 4. The lowest BCUT2D eigenvalue weighted by Crippen LogP contribution is -2.47. The lowest BCUT2D eigenvalue weighted by molar-refractivity contribution is 0.177. The highest BCUT2D eigenvalue weighted by Crippen LogP contribution is 2.49. The smallest absolute Gasteiger partial charge is 0.191 e. The number of nitrogens with one attached hydrogen (secondary N) is 2. The number of aliphatic imine (C=N–C) groups is 1. The predicted octanol–water partition coefficient (Wildman–Crippen LogP) is 1.73. The van der Waals surface area contributed by atoms with Crippen LogP contribution in [0.4, 0.5) is 0 Å². The van der Waals surface area contributed by atoms with Gasteiger partial charge >= 0.3 is 0 Å². The van der Waals surface area contributed by atoms with E-state index in [4.69, 9.17) is 4.74 Å². The first-order chi connectivity index (χ1) is 12.7. The quantitative estimate of drug-likeness (QED) is 0.597. The summed E-state index contributed by atoms with van der Waals surface area (Å²) in [6.45, 7) is 2.33. The summed E-state index contributed by atoms with van der Waals surface area (Å²) in [5.74, 6) is 5.72. The summed E-state index contributed by atoms with van der Waals surface area (Å²) in [6.07, 6.45) is 9.17. The molecule has 7 nitrogen and oxygen atoms in total. The zero-order valence-corrected chi connectivity index (χ0v) is 16.1. The maximum Gasteiger partial charge on any atom is 0.191 e. The number of ether oxygens (including phenoxy) is 1. The normalized spacial score (nSPS) is 30.5. The van der Waals surface area contributed by atoms with Crippen LogP contribution in [0.5, 0.6) is 0 Å². The van der Waals surface area contributed by atoms with Gasteiger partial charge in [0.25, 0.3) is 0 Å². The van der Waals surface area contributed by atoms with E-state index in [1.165, 1.54) is 32.1 Å². The van der Waals surface area contributed by atoms with Crippen molar-refractivity contribution < 1.29 is 4.74 Å². The van der Waals surface area contributed by atoms with Gasteiger partial charge in [0.1, 0.15) is 12.4 Å². The van der Waals surface area contributed by atoms with Crippen LogP contribution in [0.25, 0.3) is 0 Å². The molecular weight excluding hydrogens is 328 g/mol. The van der Waals surface area contributed by atoms with E-state index in [-0.39, 0.29) is 0 Å². The Bertz CT molecular complexity index is 642. The molecule has 7 heteroatoms. The summed E-state index contributed by atoms with van der Waals surface area (Å²) in [4.78, 5) is 8.95. The van der Waals surface area contributed by atoms with Crippen molar-refractivity contribution in [2.75, 3.05) is 20.7 Å². The molecule has 4 unspecified atom stereocenters. The Morgan fingerprint density at radius 2 is 2.23 bits per heavy atom. The van der Waals surface area contributed by atoms with Crippen LogP contribution in [0.1, 0.15) is 50.2 Å². The number of rotatable bonds is 6. The van der Waals surface area contributed by atoms with Gasteiger partial charge in [0.15, 0.2) is 11.8 Å². The Morgan fingerprint density at radius 3 is 2.96 bits per heavy atom. The lowest BCUT2D eigenvalue weighted by Gasteiger charge is -2.26. The van der Waals surface area contributed by atoms with Gasteiger partial charge in [0.2, 0.25) is 0 Å². The van der Waals surface area contributed by atoms with E-state index in [1.54, 1.807) is 7.11 Å². The SMILES string of the molecule is CN=C(NCCC1CC2CCC1C2)NC1CCc2nc(COC)nn2C1. The minimum absolute atomic E-state index is 0.341. The van der Waals surface area contributed by atoms with Gasteiger partial charge in [-0.2, -0.15) is 5.10 Å². The van der Waals surface area contributed by atoms with Crippen LogP contribution in [0.3, 0.4) is 0 Å². The molecule has 2 N–H and O–H groups in total. The van der Waals surface area contributed by atoms with E-state index < -0.39 is 0 Å². The molecule has 4 atom stereocenters. The summed E-state index contributed by atoms with van der Waals surface area (Å²) in [7, 11) is 3.53. The molecule has 2 heterocycles. The van der Waals surface area contributed by atoms with E-state index >= 15 is 0 Å². The van der Waals surface area contributed by atoms with E-state index in [1.807, 2.05) is 11.7 Å². The van der Waals surface area contributed by atoms with Crippen molar-refractivity contribution in [2.45, 2.75) is 64.1 Å². The fraction of sp³-hybridized carbons (Fsp3) is 0.842. The number of nitrogens with zero attached hydrogens (tertiary/aromatic N) is 4. The zero-order valence-electron chi connectivity index (χ0n) is 16.1. The second-order valence-corrected chi connectivity index (χ2v) is 8.16. The third kappa shape index (κ3) is 3.87. The van der Waals surface area contributed by atoms with Gasteiger partial charge in [-0.3, -0.25) is 4.99 Å². The van der Waals surface area contributed by atoms with Gasteiger partial charge in [-0.25, -0.2) is 9.67 Å². The number of aryl methyl sites for hydroxylation is 1. The monoisotopic (exact) mass is 360 g/mol. The van der Waals surface area contributed by atoms with Crippen LogP contribution >= 0.6 is 0 Å². The van der Waals surface area contributed by atoms with Gasteiger partial charge in [0.05, 0.1) is 6.54 Å². The van der Waals surface area contributed by atoms with Crippen molar-refractivity contribution in [2.24, 2.45) is 22.7 Å². The Labute approximate surface area is 156 Å². The molecule has 0 radical (unpaired) electrons. The Balaban J connectivity index is 1.23. The van der Waals surface area contributed by atoms with Crippen molar-refractivity contribution >= 4 is 5.96 Å². The first kappa shape index (κ1) is 17.8. The molecule has 0 aromatic carbocycles. The standard InChI is InChI=1S/C19H32N6O/c1-20-19(21-8-7-15-10-13-3-4-14(15)9-13)22-16-5-6-18-23-17(12-26-2)24-25(18)11-16/h13-16H,3-12H2,1-2H3,(H2,20,21,22). The van der Waals surface area contributed by atoms with Gasteiger partial charge in [-0.05, 0) is 49.9 Å². The lowest BCUT2D eigenvalue weighted by atomic mass is 9.86. The van der Waals surface area contributed by atoms with Gasteiger partial charge in [-0.15, -0.1) is 0 Å². The summed E-state index contributed by atoms with van der Waals surface area (Å²) < 4.78 is 7.15. The van der Waals surface area contributed by atoms with Crippen LogP contribution in [-0.2, 0) is 24.3 Å². The minimum Gasteiger partial charge on any atom is -0.377 e. The molecule has 144 valence electrons. The van der Waals surface area contributed by atoms with E-state index in [0.717, 1.165) is 61.3 Å². The third-order valence-corrected chi connectivity index (χ3v) is 6.43. The molecular formula is C19H32N6O. The van der Waals surface area contributed by atoms with Gasteiger partial charge in [-0.1, -0.05) is 6.42 Å². The van der Waals surface area contributed by atoms with Crippen LogP contribution in [-0.4, -0.2) is 47.5 Å². The zero-order chi connectivity index (χ0) is 17.9. The molecule has 0 saturated heterocycles. The molecule has 26 heavy (non-hydrogen) atoms. The van der Waals surface area contributed by atoms with Crippen molar-refractivity contribution in [1.82, 2.24) is 25.4 Å².